The number of aromatic nitrogens is 1. The van der Waals surface area contributed by atoms with Crippen LogP contribution in [-0.4, -0.2) is 52.8 Å². The highest BCUT2D eigenvalue weighted by atomic mass is 19.1. The molecule has 0 saturated carbocycles. The van der Waals surface area contributed by atoms with Crippen molar-refractivity contribution in [2.75, 3.05) is 20.1 Å². The molecule has 6 heteroatoms. The van der Waals surface area contributed by atoms with E-state index in [1.807, 2.05) is 13.8 Å². The van der Waals surface area contributed by atoms with Gasteiger partial charge in [-0.1, -0.05) is 0 Å². The van der Waals surface area contributed by atoms with Gasteiger partial charge in [-0.3, -0.25) is 14.6 Å². The van der Waals surface area contributed by atoms with E-state index >= 15 is 0 Å². The zero-order valence-corrected chi connectivity index (χ0v) is 13.3. The summed E-state index contributed by atoms with van der Waals surface area (Å²) in [5.74, 6) is -1.16. The van der Waals surface area contributed by atoms with Gasteiger partial charge in [0.05, 0.1) is 17.7 Å². The number of hydrogen-bond acceptors (Lipinski definition) is 3. The van der Waals surface area contributed by atoms with Gasteiger partial charge < -0.3 is 9.80 Å². The van der Waals surface area contributed by atoms with Gasteiger partial charge in [0, 0.05) is 32.4 Å². The summed E-state index contributed by atoms with van der Waals surface area (Å²) in [5.41, 5.74) is 0.0142. The van der Waals surface area contributed by atoms with Crippen LogP contribution in [0.25, 0.3) is 0 Å². The molecule has 1 fully saturated rings. The summed E-state index contributed by atoms with van der Waals surface area (Å²) in [6, 6.07) is 1.50. The van der Waals surface area contributed by atoms with Crippen molar-refractivity contribution in [2.45, 2.75) is 32.7 Å². The zero-order chi connectivity index (χ0) is 16.3. The van der Waals surface area contributed by atoms with Crippen LogP contribution in [0, 0.1) is 11.7 Å². The molecule has 2 rings (SSSR count). The first-order chi connectivity index (χ1) is 10.4. The Morgan fingerprint density at radius 2 is 2.18 bits per heavy atom. The maximum atomic E-state index is 13.7. The fourth-order valence-electron chi connectivity index (χ4n) is 2.62. The molecular weight excluding hydrogens is 285 g/mol. The molecular formula is C16H22FN3O2. The van der Waals surface area contributed by atoms with Crippen molar-refractivity contribution in [1.29, 1.82) is 0 Å². The van der Waals surface area contributed by atoms with Crippen LogP contribution >= 0.6 is 0 Å². The van der Waals surface area contributed by atoms with Crippen molar-refractivity contribution in [3.63, 3.8) is 0 Å². The molecule has 1 aromatic rings. The third kappa shape index (κ3) is 3.43. The average molecular weight is 307 g/mol. The molecule has 0 aliphatic carbocycles. The van der Waals surface area contributed by atoms with Gasteiger partial charge in [-0.2, -0.15) is 0 Å². The Hall–Kier alpha value is -1.98. The summed E-state index contributed by atoms with van der Waals surface area (Å²) in [5, 5.41) is 0. The largest absolute Gasteiger partial charge is 0.343 e. The quantitative estimate of drug-likeness (QED) is 0.857. The van der Waals surface area contributed by atoms with Crippen LogP contribution < -0.4 is 0 Å². The average Bonchev–Trinajstić information content (AvgIpc) is 2.53. The summed E-state index contributed by atoms with van der Waals surface area (Å²) < 4.78 is 13.7. The molecule has 0 spiro atoms. The summed E-state index contributed by atoms with van der Waals surface area (Å²) in [6.07, 6.45) is 3.95. The van der Waals surface area contributed by atoms with E-state index < -0.39 is 5.82 Å². The van der Waals surface area contributed by atoms with Crippen LogP contribution in [0.3, 0.4) is 0 Å². The molecule has 0 unspecified atom stereocenters. The second-order valence-corrected chi connectivity index (χ2v) is 5.99. The standard InChI is InChI=1S/C16H22FN3O2/c1-11(2)19(3)15(21)12-5-4-8-20(10-12)16(22)13-6-7-18-9-14(13)17/h6-7,9,11-12H,4-5,8,10H2,1-3H3/t12-/m0/s1. The minimum Gasteiger partial charge on any atom is -0.343 e. The second-order valence-electron chi connectivity index (χ2n) is 5.99. The summed E-state index contributed by atoms with van der Waals surface area (Å²) in [4.78, 5) is 31.8. The summed E-state index contributed by atoms with van der Waals surface area (Å²) in [7, 11) is 1.77. The van der Waals surface area contributed by atoms with E-state index in [1.165, 1.54) is 12.3 Å². The SMILES string of the molecule is CC(C)N(C)C(=O)[C@H]1CCCN(C(=O)c2ccncc2F)C1. The second kappa shape index (κ2) is 6.85. The van der Waals surface area contributed by atoms with Crippen molar-refractivity contribution in [2.24, 2.45) is 5.92 Å². The molecule has 1 atom stereocenters. The monoisotopic (exact) mass is 307 g/mol. The molecule has 0 N–H and O–H groups in total. The Morgan fingerprint density at radius 1 is 1.45 bits per heavy atom. The van der Waals surface area contributed by atoms with Crippen LogP contribution in [0.15, 0.2) is 18.5 Å². The first kappa shape index (κ1) is 16.4. The Balaban J connectivity index is 2.09. The van der Waals surface area contributed by atoms with Crippen molar-refractivity contribution in [3.05, 3.63) is 29.8 Å². The van der Waals surface area contributed by atoms with Gasteiger partial charge in [-0.15, -0.1) is 0 Å². The molecule has 1 aromatic heterocycles. The number of piperidine rings is 1. The number of carbonyl (C=O) groups excluding carboxylic acids is 2. The van der Waals surface area contributed by atoms with Crippen LogP contribution in [0.2, 0.25) is 0 Å². The molecule has 2 heterocycles. The number of amides is 2. The maximum absolute atomic E-state index is 13.7. The lowest BCUT2D eigenvalue weighted by Gasteiger charge is -2.35. The highest BCUT2D eigenvalue weighted by molar-refractivity contribution is 5.94. The van der Waals surface area contributed by atoms with Gasteiger partial charge in [0.15, 0.2) is 5.82 Å². The predicted molar refractivity (Wildman–Crippen MR) is 80.7 cm³/mol. The minimum atomic E-state index is -0.625. The fourth-order valence-corrected chi connectivity index (χ4v) is 2.62. The molecule has 1 aliphatic heterocycles. The van der Waals surface area contributed by atoms with Crippen LogP contribution in [0.1, 0.15) is 37.0 Å². The smallest absolute Gasteiger partial charge is 0.256 e. The van der Waals surface area contributed by atoms with E-state index in [-0.39, 0.29) is 29.3 Å². The summed E-state index contributed by atoms with van der Waals surface area (Å²) in [6.45, 7) is 4.80. The Kier molecular flexibility index (Phi) is 5.11. The van der Waals surface area contributed by atoms with Crippen LogP contribution in [0.5, 0.6) is 0 Å². The highest BCUT2D eigenvalue weighted by Gasteiger charge is 2.31. The van der Waals surface area contributed by atoms with Gasteiger partial charge in [-0.25, -0.2) is 4.39 Å². The number of pyridine rings is 1. The molecule has 0 aromatic carbocycles. The first-order valence-corrected chi connectivity index (χ1v) is 7.57. The first-order valence-electron chi connectivity index (χ1n) is 7.57. The molecule has 22 heavy (non-hydrogen) atoms. The minimum absolute atomic E-state index is 0.0142. The van der Waals surface area contributed by atoms with Gasteiger partial charge in [0.25, 0.3) is 5.91 Å². The molecule has 1 aliphatic rings. The zero-order valence-electron chi connectivity index (χ0n) is 13.3. The number of carbonyl (C=O) groups is 2. The van der Waals surface area contributed by atoms with E-state index in [9.17, 15) is 14.0 Å². The number of halogens is 1. The molecule has 1 saturated heterocycles. The molecule has 120 valence electrons. The van der Waals surface area contributed by atoms with Crippen LogP contribution in [-0.2, 0) is 4.79 Å². The van der Waals surface area contributed by atoms with Crippen molar-refractivity contribution in [1.82, 2.24) is 14.8 Å². The van der Waals surface area contributed by atoms with Crippen molar-refractivity contribution in [3.8, 4) is 0 Å². The number of nitrogens with zero attached hydrogens (tertiary/aromatic N) is 3. The lowest BCUT2D eigenvalue weighted by Crippen LogP contribution is -2.47. The number of likely N-dealkylation sites (tertiary alicyclic amines) is 1. The Labute approximate surface area is 130 Å². The molecule has 5 nitrogen and oxygen atoms in total. The molecule has 2 amide bonds. The molecule has 0 radical (unpaired) electrons. The lowest BCUT2D eigenvalue weighted by atomic mass is 9.95. The van der Waals surface area contributed by atoms with E-state index in [0.717, 1.165) is 19.0 Å². The lowest BCUT2D eigenvalue weighted by molar-refractivity contribution is -0.137. The van der Waals surface area contributed by atoms with E-state index in [0.29, 0.717) is 13.1 Å². The van der Waals surface area contributed by atoms with E-state index in [2.05, 4.69) is 4.98 Å². The maximum Gasteiger partial charge on any atom is 0.256 e. The Bertz CT molecular complexity index is 562. The van der Waals surface area contributed by atoms with E-state index in [1.54, 1.807) is 16.8 Å². The van der Waals surface area contributed by atoms with Crippen molar-refractivity contribution < 1.29 is 14.0 Å². The molecule has 0 bridgehead atoms. The van der Waals surface area contributed by atoms with Gasteiger partial charge >= 0.3 is 0 Å². The van der Waals surface area contributed by atoms with Gasteiger partial charge in [0.2, 0.25) is 5.91 Å². The third-order valence-electron chi connectivity index (χ3n) is 4.18. The van der Waals surface area contributed by atoms with Crippen LogP contribution in [0.4, 0.5) is 4.39 Å². The topological polar surface area (TPSA) is 53.5 Å². The third-order valence-corrected chi connectivity index (χ3v) is 4.18. The number of hydrogen-bond donors (Lipinski definition) is 0. The van der Waals surface area contributed by atoms with Crippen molar-refractivity contribution >= 4 is 11.8 Å². The van der Waals surface area contributed by atoms with Gasteiger partial charge in [0.1, 0.15) is 0 Å². The van der Waals surface area contributed by atoms with Gasteiger partial charge in [-0.05, 0) is 32.8 Å². The highest BCUT2D eigenvalue weighted by Crippen LogP contribution is 2.21. The Morgan fingerprint density at radius 3 is 2.82 bits per heavy atom. The van der Waals surface area contributed by atoms with E-state index in [4.69, 9.17) is 0 Å². The fraction of sp³-hybridized carbons (Fsp3) is 0.562. The predicted octanol–water partition coefficient (Wildman–Crippen LogP) is 1.94. The number of rotatable bonds is 3. The normalized spacial score (nSPS) is 18.4. The summed E-state index contributed by atoms with van der Waals surface area (Å²) >= 11 is 0.